The van der Waals surface area contributed by atoms with Crippen molar-refractivity contribution in [2.24, 2.45) is 5.73 Å². The van der Waals surface area contributed by atoms with Crippen molar-refractivity contribution >= 4 is 34.5 Å². The van der Waals surface area contributed by atoms with Crippen molar-refractivity contribution in [3.05, 3.63) is 58.4 Å². The zero-order chi connectivity index (χ0) is 25.8. The van der Waals surface area contributed by atoms with Crippen LogP contribution >= 0.6 is 11.8 Å². The molecular formula is C21H20F3N5O5S. The molecule has 2 aromatic carbocycles. The lowest BCUT2D eigenvalue weighted by atomic mass is 10.1. The number of alkyl halides is 3. The largest absolute Gasteiger partial charge is 0.573 e. The van der Waals surface area contributed by atoms with Crippen molar-refractivity contribution in [1.29, 1.82) is 0 Å². The second kappa shape index (κ2) is 10.7. The highest BCUT2D eigenvalue weighted by atomic mass is 32.2. The van der Waals surface area contributed by atoms with Gasteiger partial charge in [0.15, 0.2) is 0 Å². The first kappa shape index (κ1) is 26.0. The number of rotatable bonds is 9. The van der Waals surface area contributed by atoms with Crippen LogP contribution in [0.1, 0.15) is 18.5 Å². The third-order valence-corrected chi connectivity index (χ3v) is 5.84. The van der Waals surface area contributed by atoms with Crippen LogP contribution in [0.15, 0.2) is 52.2 Å². The van der Waals surface area contributed by atoms with Crippen LogP contribution in [-0.4, -0.2) is 50.1 Å². The molecule has 0 radical (unpaired) electrons. The third kappa shape index (κ3) is 7.16. The molecule has 0 aliphatic heterocycles. The summed E-state index contributed by atoms with van der Waals surface area (Å²) in [5, 5.41) is 19.5. The van der Waals surface area contributed by atoms with E-state index in [0.29, 0.717) is 10.5 Å². The lowest BCUT2D eigenvalue weighted by Gasteiger charge is -2.15. The molecule has 0 saturated carbocycles. The molecule has 1 aromatic heterocycles. The topological polar surface area (TPSA) is 149 Å². The second-order valence-corrected chi connectivity index (χ2v) is 8.49. The average molecular weight is 511 g/mol. The third-order valence-electron chi connectivity index (χ3n) is 4.73. The molecule has 3 rings (SSSR count). The van der Waals surface area contributed by atoms with Crippen molar-refractivity contribution < 1.29 is 32.6 Å². The molecular weight excluding hydrogens is 491 g/mol. The number of nitrogens with two attached hydrogens (primary N) is 1. The van der Waals surface area contributed by atoms with E-state index in [4.69, 9.17) is 10.8 Å². The van der Waals surface area contributed by atoms with Crippen LogP contribution < -0.4 is 21.3 Å². The Morgan fingerprint density at radius 1 is 1.23 bits per heavy atom. The standard InChI is InChI=1S/C21H20F3N5O5S/c1-11(12-2-4-13(5-3-12)34-21(22,23)24)26-18(30)9-29-19(31)15-7-6-14(8-17(15)27-28-29)35-10-16(25)20(32)33/h2-8,11,16H,9-10,25H2,1H3,(H,26,30)(H,32,33)/t11-,16-/m0/s1. The van der Waals surface area contributed by atoms with Crippen LogP contribution in [0.4, 0.5) is 13.2 Å². The number of benzene rings is 2. The van der Waals surface area contributed by atoms with Crippen molar-refractivity contribution in [1.82, 2.24) is 20.3 Å². The predicted octanol–water partition coefficient (Wildman–Crippen LogP) is 2.07. The van der Waals surface area contributed by atoms with Crippen LogP contribution in [-0.2, 0) is 16.1 Å². The molecule has 3 aromatic rings. The van der Waals surface area contributed by atoms with Crippen LogP contribution in [0.25, 0.3) is 10.9 Å². The average Bonchev–Trinajstić information content (AvgIpc) is 2.78. The lowest BCUT2D eigenvalue weighted by molar-refractivity contribution is -0.274. The molecule has 0 fully saturated rings. The summed E-state index contributed by atoms with van der Waals surface area (Å²) < 4.78 is 41.5. The maximum Gasteiger partial charge on any atom is 0.573 e. The second-order valence-electron chi connectivity index (χ2n) is 7.39. The van der Waals surface area contributed by atoms with Gasteiger partial charge < -0.3 is 20.9 Å². The van der Waals surface area contributed by atoms with Crippen molar-refractivity contribution in [3.63, 3.8) is 0 Å². The molecule has 186 valence electrons. The summed E-state index contributed by atoms with van der Waals surface area (Å²) in [6.07, 6.45) is -4.80. The van der Waals surface area contributed by atoms with E-state index in [2.05, 4.69) is 20.4 Å². The SMILES string of the molecule is C[C@H](NC(=O)Cn1nnc2cc(SC[C@H](N)C(=O)O)ccc2c1=O)c1ccc(OC(F)(F)F)cc1. The minimum atomic E-state index is -4.80. The zero-order valence-corrected chi connectivity index (χ0v) is 19.0. The molecule has 0 spiro atoms. The molecule has 35 heavy (non-hydrogen) atoms. The van der Waals surface area contributed by atoms with Crippen molar-refractivity contribution in [2.75, 3.05) is 5.75 Å². The van der Waals surface area contributed by atoms with E-state index in [1.165, 1.54) is 30.0 Å². The van der Waals surface area contributed by atoms with E-state index in [0.717, 1.165) is 16.8 Å². The number of ether oxygens (including phenoxy) is 1. The van der Waals surface area contributed by atoms with Gasteiger partial charge in [0.05, 0.1) is 11.4 Å². The fraction of sp³-hybridized carbons (Fsp3) is 0.286. The maximum absolute atomic E-state index is 12.7. The minimum absolute atomic E-state index is 0.127. The van der Waals surface area contributed by atoms with E-state index in [1.54, 1.807) is 19.1 Å². The van der Waals surface area contributed by atoms with Gasteiger partial charge in [-0.25, -0.2) is 4.68 Å². The van der Waals surface area contributed by atoms with Gasteiger partial charge in [-0.3, -0.25) is 14.4 Å². The molecule has 1 heterocycles. The van der Waals surface area contributed by atoms with Crippen molar-refractivity contribution in [3.8, 4) is 5.75 Å². The monoisotopic (exact) mass is 511 g/mol. The molecule has 0 unspecified atom stereocenters. The van der Waals surface area contributed by atoms with E-state index in [9.17, 15) is 27.6 Å². The number of amides is 1. The van der Waals surface area contributed by atoms with Crippen LogP contribution in [0.2, 0.25) is 0 Å². The molecule has 0 saturated heterocycles. The van der Waals surface area contributed by atoms with E-state index in [1.807, 2.05) is 0 Å². The normalized spacial score (nSPS) is 13.3. The summed E-state index contributed by atoms with van der Waals surface area (Å²) in [6.45, 7) is 1.20. The summed E-state index contributed by atoms with van der Waals surface area (Å²) in [6, 6.07) is 8.11. The highest BCUT2D eigenvalue weighted by Gasteiger charge is 2.31. The molecule has 1 amide bonds. The fourth-order valence-electron chi connectivity index (χ4n) is 2.97. The molecule has 0 aliphatic rings. The molecule has 10 nitrogen and oxygen atoms in total. The summed E-state index contributed by atoms with van der Waals surface area (Å²) in [5.74, 6) is -1.94. The lowest BCUT2D eigenvalue weighted by Crippen LogP contribution is -2.35. The molecule has 2 atom stereocenters. The van der Waals surface area contributed by atoms with Crippen molar-refractivity contribution in [2.45, 2.75) is 36.8 Å². The number of hydrogen-bond acceptors (Lipinski definition) is 8. The Morgan fingerprint density at radius 3 is 2.54 bits per heavy atom. The van der Waals surface area contributed by atoms with E-state index in [-0.39, 0.29) is 22.4 Å². The molecule has 14 heteroatoms. The van der Waals surface area contributed by atoms with Gasteiger partial charge in [0, 0.05) is 10.6 Å². The zero-order valence-electron chi connectivity index (χ0n) is 18.2. The van der Waals surface area contributed by atoms with Crippen LogP contribution in [0.3, 0.4) is 0 Å². The smallest absolute Gasteiger partial charge is 0.480 e. The van der Waals surface area contributed by atoms with Gasteiger partial charge in [-0.1, -0.05) is 17.3 Å². The predicted molar refractivity (Wildman–Crippen MR) is 120 cm³/mol. The number of thioether (sulfide) groups is 1. The summed E-state index contributed by atoms with van der Waals surface area (Å²) >= 11 is 1.19. The number of carbonyl (C=O) groups excluding carboxylic acids is 1. The van der Waals surface area contributed by atoms with Gasteiger partial charge in [-0.2, -0.15) is 0 Å². The molecule has 0 bridgehead atoms. The fourth-order valence-corrected chi connectivity index (χ4v) is 3.85. The summed E-state index contributed by atoms with van der Waals surface area (Å²) in [7, 11) is 0. The number of nitrogens with zero attached hydrogens (tertiary/aromatic N) is 3. The first-order valence-electron chi connectivity index (χ1n) is 10.1. The van der Waals surface area contributed by atoms with Gasteiger partial charge in [-0.05, 0) is 42.8 Å². The number of carboxylic acid groups (broad SMARTS) is 1. The summed E-state index contributed by atoms with van der Waals surface area (Å²) in [4.78, 5) is 36.6. The first-order valence-corrected chi connectivity index (χ1v) is 11.1. The van der Waals surface area contributed by atoms with Crippen LogP contribution in [0.5, 0.6) is 5.75 Å². The maximum atomic E-state index is 12.7. The number of halogens is 3. The van der Waals surface area contributed by atoms with Gasteiger partial charge in [0.1, 0.15) is 23.9 Å². The van der Waals surface area contributed by atoms with Crippen LogP contribution in [0, 0.1) is 0 Å². The quantitative estimate of drug-likeness (QED) is 0.367. The number of nitrogens with one attached hydrogen (secondary N) is 1. The first-order chi connectivity index (χ1) is 16.4. The Kier molecular flexibility index (Phi) is 7.96. The number of hydrogen-bond donors (Lipinski definition) is 3. The Hall–Kier alpha value is -3.65. The Labute approximate surface area is 200 Å². The highest BCUT2D eigenvalue weighted by Crippen LogP contribution is 2.24. The number of aliphatic carboxylic acids is 1. The number of fused-ring (bicyclic) bond motifs is 1. The molecule has 4 N–H and O–H groups in total. The Bertz CT molecular complexity index is 1280. The number of carboxylic acids is 1. The summed E-state index contributed by atoms with van der Waals surface area (Å²) in [5.41, 5.74) is 5.73. The van der Waals surface area contributed by atoms with E-state index < -0.39 is 42.4 Å². The van der Waals surface area contributed by atoms with Gasteiger partial charge >= 0.3 is 12.3 Å². The highest BCUT2D eigenvalue weighted by molar-refractivity contribution is 7.99. The van der Waals surface area contributed by atoms with E-state index >= 15 is 0 Å². The Balaban J connectivity index is 1.64. The van der Waals surface area contributed by atoms with Gasteiger partial charge in [0.2, 0.25) is 5.91 Å². The molecule has 0 aliphatic carbocycles. The minimum Gasteiger partial charge on any atom is -0.480 e. The van der Waals surface area contributed by atoms with Gasteiger partial charge in [0.25, 0.3) is 5.56 Å². The number of aromatic nitrogens is 3. The van der Waals surface area contributed by atoms with Gasteiger partial charge in [-0.15, -0.1) is 30.0 Å². The number of carbonyl (C=O) groups is 2. The Morgan fingerprint density at radius 2 is 1.91 bits per heavy atom.